The van der Waals surface area contributed by atoms with Gasteiger partial charge >= 0.3 is 0 Å². The maximum Gasteiger partial charge on any atom is 0.146 e. The van der Waals surface area contributed by atoms with Crippen LogP contribution in [0.1, 0.15) is 0 Å². The van der Waals surface area contributed by atoms with E-state index in [0.29, 0.717) is 0 Å². The van der Waals surface area contributed by atoms with E-state index in [-0.39, 0.29) is 0 Å². The fourth-order valence-corrected chi connectivity index (χ4v) is 7.28. The maximum absolute atomic E-state index is 6.68. The molecule has 10 rings (SSSR count). The van der Waals surface area contributed by atoms with Crippen LogP contribution in [0.3, 0.4) is 0 Å². The summed E-state index contributed by atoms with van der Waals surface area (Å²) in [6.07, 6.45) is 1.83. The van der Waals surface area contributed by atoms with Crippen LogP contribution in [0.25, 0.3) is 77.5 Å². The number of imidazole rings is 1. The Morgan fingerprint density at radius 1 is 0.449 bits per heavy atom. The number of pyridine rings is 2. The summed E-state index contributed by atoms with van der Waals surface area (Å²) in [6.45, 7) is 0. The zero-order valence-electron chi connectivity index (χ0n) is 26.4. The fourth-order valence-electron chi connectivity index (χ4n) is 7.28. The van der Waals surface area contributed by atoms with E-state index in [1.807, 2.05) is 36.5 Å². The van der Waals surface area contributed by atoms with E-state index in [2.05, 4.69) is 147 Å². The summed E-state index contributed by atoms with van der Waals surface area (Å²) in [5.74, 6) is 2.37. The van der Waals surface area contributed by atoms with Crippen LogP contribution in [0.4, 0.5) is 0 Å². The second-order valence-corrected chi connectivity index (χ2v) is 12.2. The summed E-state index contributed by atoms with van der Waals surface area (Å²) in [6, 6.07) is 56.7. The highest BCUT2D eigenvalue weighted by molar-refractivity contribution is 6.14. The summed E-state index contributed by atoms with van der Waals surface area (Å²) in [5, 5.41) is 5.65. The fraction of sp³-hybridized carbons (Fsp3) is 0. The molecule has 10 aromatic rings. The van der Waals surface area contributed by atoms with Crippen LogP contribution in [0.15, 0.2) is 170 Å². The number of hydrogen-bond donors (Lipinski definition) is 0. The van der Waals surface area contributed by atoms with Crippen molar-refractivity contribution in [1.82, 2.24) is 18.9 Å². The molecule has 5 heteroatoms. The summed E-state index contributed by atoms with van der Waals surface area (Å²) < 4.78 is 11.2. The lowest BCUT2D eigenvalue weighted by molar-refractivity contribution is 0.484. The van der Waals surface area contributed by atoms with Crippen molar-refractivity contribution in [3.05, 3.63) is 170 Å². The molecule has 5 nitrogen and oxygen atoms in total. The van der Waals surface area contributed by atoms with E-state index in [4.69, 9.17) is 9.72 Å². The van der Waals surface area contributed by atoms with Gasteiger partial charge in [0, 0.05) is 44.9 Å². The number of hydrogen-bond acceptors (Lipinski definition) is 3. The quantitative estimate of drug-likeness (QED) is 0.178. The summed E-state index contributed by atoms with van der Waals surface area (Å²) >= 11 is 0. The summed E-state index contributed by atoms with van der Waals surface area (Å²) in [4.78, 5) is 10.1. The molecule has 0 fully saturated rings. The van der Waals surface area contributed by atoms with Crippen molar-refractivity contribution in [2.24, 2.45) is 0 Å². The van der Waals surface area contributed by atoms with Gasteiger partial charge in [0.15, 0.2) is 0 Å². The Balaban J connectivity index is 1.19. The minimum absolute atomic E-state index is 0.745. The summed E-state index contributed by atoms with van der Waals surface area (Å²) in [7, 11) is 0. The van der Waals surface area contributed by atoms with E-state index < -0.39 is 0 Å². The first-order valence-electron chi connectivity index (χ1n) is 16.4. The van der Waals surface area contributed by atoms with Crippen LogP contribution in [-0.4, -0.2) is 18.9 Å². The van der Waals surface area contributed by atoms with E-state index in [0.717, 1.165) is 83.6 Å². The van der Waals surface area contributed by atoms with Crippen LogP contribution in [0.5, 0.6) is 11.5 Å². The van der Waals surface area contributed by atoms with Gasteiger partial charge in [-0.05, 0) is 60.0 Å². The average molecular weight is 629 g/mol. The molecule has 230 valence electrons. The van der Waals surface area contributed by atoms with Crippen molar-refractivity contribution < 1.29 is 4.74 Å². The van der Waals surface area contributed by atoms with Gasteiger partial charge in [-0.15, -0.1) is 0 Å². The lowest BCUT2D eigenvalue weighted by Gasteiger charge is -2.13. The van der Waals surface area contributed by atoms with Crippen LogP contribution in [0.2, 0.25) is 0 Å². The minimum Gasteiger partial charge on any atom is -0.457 e. The Bertz CT molecular complexity index is 2840. The van der Waals surface area contributed by atoms with Gasteiger partial charge in [-0.25, -0.2) is 9.97 Å². The monoisotopic (exact) mass is 628 g/mol. The molecule has 0 aliphatic rings. The van der Waals surface area contributed by atoms with Crippen LogP contribution in [0, 0.1) is 0 Å². The first-order chi connectivity index (χ1) is 24.3. The number of fused-ring (bicyclic) bond motifs is 9. The molecular formula is C44H28N4O. The molecule has 0 N–H and O–H groups in total. The number of ether oxygens (including phenoxy) is 1. The second-order valence-electron chi connectivity index (χ2n) is 12.2. The molecule has 4 aromatic heterocycles. The van der Waals surface area contributed by atoms with Crippen molar-refractivity contribution in [3.63, 3.8) is 0 Å². The van der Waals surface area contributed by atoms with Crippen molar-refractivity contribution in [2.75, 3.05) is 0 Å². The first-order valence-corrected chi connectivity index (χ1v) is 16.4. The number of benzene rings is 6. The molecule has 6 aromatic carbocycles. The van der Waals surface area contributed by atoms with Gasteiger partial charge in [0.2, 0.25) is 0 Å². The number of para-hydroxylation sites is 2. The molecule has 0 saturated carbocycles. The molecule has 49 heavy (non-hydrogen) atoms. The smallest absolute Gasteiger partial charge is 0.146 e. The van der Waals surface area contributed by atoms with Gasteiger partial charge in [0.1, 0.15) is 23.0 Å². The second kappa shape index (κ2) is 10.9. The van der Waals surface area contributed by atoms with Crippen molar-refractivity contribution in [1.29, 1.82) is 0 Å². The molecule has 0 bridgehead atoms. The molecule has 0 atom stereocenters. The van der Waals surface area contributed by atoms with Crippen molar-refractivity contribution in [3.8, 4) is 39.8 Å². The van der Waals surface area contributed by atoms with E-state index in [9.17, 15) is 0 Å². The Morgan fingerprint density at radius 2 is 1.06 bits per heavy atom. The van der Waals surface area contributed by atoms with Crippen molar-refractivity contribution in [2.45, 2.75) is 0 Å². The number of nitrogens with zero attached hydrogens (tertiary/aromatic N) is 4. The molecule has 0 aliphatic carbocycles. The van der Waals surface area contributed by atoms with Crippen LogP contribution >= 0.6 is 0 Å². The Hall–Kier alpha value is -6.72. The number of rotatable bonds is 5. The zero-order chi connectivity index (χ0) is 32.3. The van der Waals surface area contributed by atoms with Gasteiger partial charge in [0.05, 0.1) is 27.9 Å². The Morgan fingerprint density at radius 3 is 1.82 bits per heavy atom. The molecule has 4 heterocycles. The standard InChI is InChI=1S/C44H28N4O/c1-3-13-29(14-4-1)42-43(30-15-5-2-6-16-30)48-39-20-10-7-17-34(39)33-24-22-31(27-37(33)44(48)46-42)49-32-23-25-36-35-18-8-9-19-38(35)47(40(36)28-32)41-21-11-12-26-45-41/h1-28H. The lowest BCUT2D eigenvalue weighted by Crippen LogP contribution is -1.96. The lowest BCUT2D eigenvalue weighted by atomic mass is 10.0. The molecule has 0 saturated heterocycles. The van der Waals surface area contributed by atoms with Gasteiger partial charge in [-0.3, -0.25) is 8.97 Å². The van der Waals surface area contributed by atoms with Gasteiger partial charge in [-0.1, -0.05) is 103 Å². The highest BCUT2D eigenvalue weighted by atomic mass is 16.5. The summed E-state index contributed by atoms with van der Waals surface area (Å²) in [5.41, 5.74) is 8.36. The van der Waals surface area contributed by atoms with Crippen LogP contribution in [-0.2, 0) is 0 Å². The third-order valence-corrected chi connectivity index (χ3v) is 9.40. The molecular weight excluding hydrogens is 601 g/mol. The molecule has 0 amide bonds. The predicted octanol–water partition coefficient (Wildman–Crippen LogP) is 11.3. The zero-order valence-corrected chi connectivity index (χ0v) is 26.4. The molecule has 0 spiro atoms. The normalized spacial score (nSPS) is 11.7. The number of aromatic nitrogens is 4. The minimum atomic E-state index is 0.745. The molecule has 0 radical (unpaired) electrons. The van der Waals surface area contributed by atoms with Crippen LogP contribution < -0.4 is 4.74 Å². The predicted molar refractivity (Wildman–Crippen MR) is 200 cm³/mol. The van der Waals surface area contributed by atoms with Gasteiger partial charge in [-0.2, -0.15) is 0 Å². The third kappa shape index (κ3) is 4.33. The van der Waals surface area contributed by atoms with E-state index in [1.54, 1.807) is 0 Å². The van der Waals surface area contributed by atoms with E-state index in [1.165, 1.54) is 5.39 Å². The largest absolute Gasteiger partial charge is 0.457 e. The average Bonchev–Trinajstić information content (AvgIpc) is 3.73. The Labute approximate surface area is 281 Å². The highest BCUT2D eigenvalue weighted by Gasteiger charge is 2.21. The SMILES string of the molecule is c1ccc(-c2nc3c4cc(Oc5ccc6c7ccccc7n(-c7ccccn7)c6c5)ccc4c4ccccc4n3c2-c2ccccc2)cc1. The van der Waals surface area contributed by atoms with Gasteiger partial charge < -0.3 is 4.74 Å². The van der Waals surface area contributed by atoms with Crippen molar-refractivity contribution >= 4 is 49.1 Å². The van der Waals surface area contributed by atoms with E-state index >= 15 is 0 Å². The van der Waals surface area contributed by atoms with Gasteiger partial charge in [0.25, 0.3) is 0 Å². The highest BCUT2D eigenvalue weighted by Crippen LogP contribution is 2.41. The Kier molecular flexibility index (Phi) is 6.11. The first kappa shape index (κ1) is 27.4. The maximum atomic E-state index is 6.68. The third-order valence-electron chi connectivity index (χ3n) is 9.40. The topological polar surface area (TPSA) is 44.3 Å². The molecule has 0 aliphatic heterocycles. The molecule has 0 unspecified atom stereocenters.